The zero-order chi connectivity index (χ0) is 11.7. The van der Waals surface area contributed by atoms with Gasteiger partial charge >= 0.3 is 0 Å². The Bertz CT molecular complexity index is 521. The summed E-state index contributed by atoms with van der Waals surface area (Å²) in [6.07, 6.45) is 0. The summed E-state index contributed by atoms with van der Waals surface area (Å²) >= 11 is 9.21. The van der Waals surface area contributed by atoms with Crippen molar-refractivity contribution in [2.24, 2.45) is 0 Å². The molecular weight excluding hydrogens is 291 g/mol. The molecule has 82 valence electrons. The van der Waals surface area contributed by atoms with Gasteiger partial charge in [0.2, 0.25) is 0 Å². The fourth-order valence-electron chi connectivity index (χ4n) is 1.21. The number of benzene rings is 1. The first-order valence-electron chi connectivity index (χ1n) is 4.42. The number of hydrogen-bond donors (Lipinski definition) is 2. The van der Waals surface area contributed by atoms with Gasteiger partial charge in [0.25, 0.3) is 0 Å². The molecule has 2 rings (SSSR count). The molecule has 1 heterocycles. The van der Waals surface area contributed by atoms with E-state index in [1.165, 1.54) is 0 Å². The fourth-order valence-corrected chi connectivity index (χ4v) is 1.79. The third-order valence-electron chi connectivity index (χ3n) is 2.01. The number of hydrogen-bond acceptors (Lipinski definition) is 4. The Morgan fingerprint density at radius 3 is 2.56 bits per heavy atom. The summed E-state index contributed by atoms with van der Waals surface area (Å²) in [5, 5.41) is 0.169. The molecule has 6 heteroatoms. The van der Waals surface area contributed by atoms with Gasteiger partial charge in [-0.05, 0) is 12.1 Å². The minimum atomic E-state index is 0.169. The van der Waals surface area contributed by atoms with E-state index in [0.29, 0.717) is 5.82 Å². The van der Waals surface area contributed by atoms with Crippen LogP contribution in [0.15, 0.2) is 28.7 Å². The molecule has 16 heavy (non-hydrogen) atoms. The Hall–Kier alpha value is -1.33. The van der Waals surface area contributed by atoms with Gasteiger partial charge < -0.3 is 11.5 Å². The Morgan fingerprint density at radius 1 is 1.19 bits per heavy atom. The summed E-state index contributed by atoms with van der Waals surface area (Å²) in [6, 6.07) is 7.53. The summed E-state index contributed by atoms with van der Waals surface area (Å²) in [5.41, 5.74) is 12.2. The Kier molecular flexibility index (Phi) is 2.98. The summed E-state index contributed by atoms with van der Waals surface area (Å²) in [6.45, 7) is 0. The van der Waals surface area contributed by atoms with Crippen molar-refractivity contribution < 1.29 is 0 Å². The standard InChI is InChI=1S/C10H8BrClN4/c11-6-3-1-2-5(4-6)10-15-8(12)7(13)9(14)16-10/h1-4H,13H2,(H2,14,15,16). The van der Waals surface area contributed by atoms with Crippen molar-refractivity contribution in [3.05, 3.63) is 33.9 Å². The van der Waals surface area contributed by atoms with Gasteiger partial charge in [0, 0.05) is 10.0 Å². The van der Waals surface area contributed by atoms with Gasteiger partial charge in [0.15, 0.2) is 16.8 Å². The van der Waals surface area contributed by atoms with Crippen LogP contribution in [0.25, 0.3) is 11.4 Å². The average molecular weight is 300 g/mol. The maximum atomic E-state index is 5.84. The molecule has 0 amide bonds. The molecule has 0 spiro atoms. The number of nitrogens with two attached hydrogens (primary N) is 2. The van der Waals surface area contributed by atoms with E-state index in [1.807, 2.05) is 24.3 Å². The number of nitrogens with zero attached hydrogens (tertiary/aromatic N) is 2. The number of nitrogen functional groups attached to an aromatic ring is 2. The Labute approximate surface area is 106 Å². The first-order valence-corrected chi connectivity index (χ1v) is 5.59. The van der Waals surface area contributed by atoms with Gasteiger partial charge in [-0.25, -0.2) is 9.97 Å². The van der Waals surface area contributed by atoms with Crippen LogP contribution in [0.3, 0.4) is 0 Å². The molecule has 0 aliphatic carbocycles. The van der Waals surface area contributed by atoms with E-state index in [0.717, 1.165) is 10.0 Å². The van der Waals surface area contributed by atoms with Crippen LogP contribution in [0.2, 0.25) is 5.15 Å². The lowest BCUT2D eigenvalue weighted by molar-refractivity contribution is 1.19. The van der Waals surface area contributed by atoms with Gasteiger partial charge in [-0.15, -0.1) is 0 Å². The fraction of sp³-hybridized carbons (Fsp3) is 0. The van der Waals surface area contributed by atoms with E-state index in [1.54, 1.807) is 0 Å². The average Bonchev–Trinajstić information content (AvgIpc) is 2.25. The third-order valence-corrected chi connectivity index (χ3v) is 2.79. The van der Waals surface area contributed by atoms with Crippen molar-refractivity contribution in [1.82, 2.24) is 9.97 Å². The first-order chi connectivity index (χ1) is 7.58. The molecule has 0 atom stereocenters. The summed E-state index contributed by atoms with van der Waals surface area (Å²) in [4.78, 5) is 8.15. The molecule has 4 nitrogen and oxygen atoms in total. The van der Waals surface area contributed by atoms with E-state index in [9.17, 15) is 0 Å². The second-order valence-corrected chi connectivity index (χ2v) is 4.42. The van der Waals surface area contributed by atoms with Gasteiger partial charge in [-0.1, -0.05) is 39.7 Å². The van der Waals surface area contributed by atoms with E-state index in [4.69, 9.17) is 23.1 Å². The van der Waals surface area contributed by atoms with Crippen LogP contribution in [-0.4, -0.2) is 9.97 Å². The highest BCUT2D eigenvalue weighted by Crippen LogP contribution is 2.26. The van der Waals surface area contributed by atoms with Crippen molar-refractivity contribution >= 4 is 39.0 Å². The van der Waals surface area contributed by atoms with Gasteiger partial charge in [-0.2, -0.15) is 0 Å². The van der Waals surface area contributed by atoms with E-state index >= 15 is 0 Å². The largest absolute Gasteiger partial charge is 0.393 e. The number of anilines is 2. The molecule has 0 radical (unpaired) electrons. The van der Waals surface area contributed by atoms with E-state index < -0.39 is 0 Å². The zero-order valence-corrected chi connectivity index (χ0v) is 10.5. The molecule has 0 fully saturated rings. The van der Waals surface area contributed by atoms with E-state index in [2.05, 4.69) is 25.9 Å². The molecule has 1 aromatic carbocycles. The molecule has 0 unspecified atom stereocenters. The molecule has 0 saturated carbocycles. The summed E-state index contributed by atoms with van der Waals surface area (Å²) in [7, 11) is 0. The van der Waals surface area contributed by atoms with E-state index in [-0.39, 0.29) is 16.7 Å². The van der Waals surface area contributed by atoms with Gasteiger partial charge in [-0.3, -0.25) is 0 Å². The van der Waals surface area contributed by atoms with Crippen LogP contribution >= 0.6 is 27.5 Å². The summed E-state index contributed by atoms with van der Waals surface area (Å²) in [5.74, 6) is 0.646. The molecule has 0 saturated heterocycles. The number of aromatic nitrogens is 2. The summed E-state index contributed by atoms with van der Waals surface area (Å²) < 4.78 is 0.931. The van der Waals surface area contributed by atoms with Gasteiger partial charge in [0.05, 0.1) is 0 Å². The van der Waals surface area contributed by atoms with Crippen molar-refractivity contribution in [1.29, 1.82) is 0 Å². The highest BCUT2D eigenvalue weighted by molar-refractivity contribution is 9.10. The smallest absolute Gasteiger partial charge is 0.163 e. The van der Waals surface area contributed by atoms with Crippen molar-refractivity contribution in [2.45, 2.75) is 0 Å². The molecule has 4 N–H and O–H groups in total. The molecule has 0 bridgehead atoms. The Balaban J connectivity index is 2.57. The van der Waals surface area contributed by atoms with Gasteiger partial charge in [0.1, 0.15) is 5.69 Å². The second kappa shape index (κ2) is 4.27. The molecule has 0 aliphatic rings. The normalized spacial score (nSPS) is 10.4. The highest BCUT2D eigenvalue weighted by atomic mass is 79.9. The monoisotopic (exact) mass is 298 g/mol. The maximum Gasteiger partial charge on any atom is 0.163 e. The number of rotatable bonds is 1. The molecule has 2 aromatic rings. The lowest BCUT2D eigenvalue weighted by Crippen LogP contribution is -2.02. The topological polar surface area (TPSA) is 77.8 Å². The first kappa shape index (κ1) is 11.2. The maximum absolute atomic E-state index is 5.84. The minimum Gasteiger partial charge on any atom is -0.393 e. The molecule has 1 aromatic heterocycles. The minimum absolute atomic E-state index is 0.169. The van der Waals surface area contributed by atoms with Crippen molar-refractivity contribution in [3.8, 4) is 11.4 Å². The van der Waals surface area contributed by atoms with Crippen LogP contribution < -0.4 is 11.5 Å². The van der Waals surface area contributed by atoms with Crippen LogP contribution in [0.5, 0.6) is 0 Å². The predicted molar refractivity (Wildman–Crippen MR) is 69.0 cm³/mol. The molecule has 0 aliphatic heterocycles. The predicted octanol–water partition coefficient (Wildman–Crippen LogP) is 2.72. The number of halogens is 2. The van der Waals surface area contributed by atoms with Crippen molar-refractivity contribution in [2.75, 3.05) is 11.5 Å². The quantitative estimate of drug-likeness (QED) is 0.794. The Morgan fingerprint density at radius 2 is 1.94 bits per heavy atom. The lowest BCUT2D eigenvalue weighted by Gasteiger charge is -2.05. The lowest BCUT2D eigenvalue weighted by atomic mass is 10.2. The second-order valence-electron chi connectivity index (χ2n) is 3.15. The SMILES string of the molecule is Nc1nc(-c2cccc(Br)c2)nc(Cl)c1N. The van der Waals surface area contributed by atoms with Crippen LogP contribution in [0.4, 0.5) is 11.5 Å². The highest BCUT2D eigenvalue weighted by Gasteiger charge is 2.09. The van der Waals surface area contributed by atoms with Crippen LogP contribution in [0, 0.1) is 0 Å². The van der Waals surface area contributed by atoms with Crippen molar-refractivity contribution in [3.63, 3.8) is 0 Å². The van der Waals surface area contributed by atoms with Crippen LogP contribution in [0.1, 0.15) is 0 Å². The molecular formula is C10H8BrClN4. The third kappa shape index (κ3) is 2.10. The van der Waals surface area contributed by atoms with Crippen LogP contribution in [-0.2, 0) is 0 Å². The zero-order valence-electron chi connectivity index (χ0n) is 8.11.